The van der Waals surface area contributed by atoms with Crippen molar-refractivity contribution >= 4 is 9.84 Å². The lowest BCUT2D eigenvalue weighted by molar-refractivity contribution is 0.0164. The number of hydrogen-bond acceptors (Lipinski definition) is 3. The van der Waals surface area contributed by atoms with Gasteiger partial charge >= 0.3 is 0 Å². The van der Waals surface area contributed by atoms with Gasteiger partial charge in [0.05, 0.1) is 16.1 Å². The molecule has 1 aromatic carbocycles. The fourth-order valence-electron chi connectivity index (χ4n) is 3.58. The summed E-state index contributed by atoms with van der Waals surface area (Å²) in [5.41, 5.74) is -0.244. The van der Waals surface area contributed by atoms with Gasteiger partial charge in [-0.15, -0.1) is 0 Å². The minimum Gasteiger partial charge on any atom is -0.385 e. The van der Waals surface area contributed by atoms with Crippen molar-refractivity contribution < 1.29 is 17.9 Å². The fraction of sp³-hybridized carbons (Fsp3) is 0.571. The topological polar surface area (TPSA) is 54.4 Å². The first-order valence-corrected chi connectivity index (χ1v) is 8.16. The maximum atomic E-state index is 13.6. The molecule has 2 fully saturated rings. The smallest absolute Gasteiger partial charge is 0.156 e. The Kier molecular flexibility index (Phi) is 2.77. The molecule has 0 saturated carbocycles. The molecule has 2 atom stereocenters. The quantitative estimate of drug-likeness (QED) is 0.859. The molecule has 0 spiro atoms. The molecule has 2 bridgehead atoms. The van der Waals surface area contributed by atoms with Crippen LogP contribution in [-0.2, 0) is 15.4 Å². The Balaban J connectivity index is 2.05. The van der Waals surface area contributed by atoms with Gasteiger partial charge in [0.2, 0.25) is 0 Å². The van der Waals surface area contributed by atoms with Crippen LogP contribution in [-0.4, -0.2) is 24.0 Å². The zero-order chi connectivity index (χ0) is 13.8. The highest BCUT2D eigenvalue weighted by Crippen LogP contribution is 2.48. The number of aliphatic hydroxyl groups is 1. The molecule has 19 heavy (non-hydrogen) atoms. The van der Waals surface area contributed by atoms with E-state index in [9.17, 15) is 17.9 Å². The first-order valence-electron chi connectivity index (χ1n) is 6.55. The van der Waals surface area contributed by atoms with Crippen molar-refractivity contribution in [2.45, 2.75) is 48.7 Å². The van der Waals surface area contributed by atoms with E-state index in [0.29, 0.717) is 24.0 Å². The first kappa shape index (κ1) is 13.1. The molecular formula is C14H17FO3S. The Bertz CT molecular complexity index is 604. The summed E-state index contributed by atoms with van der Waals surface area (Å²) < 4.78 is 37.8. The van der Waals surface area contributed by atoms with Gasteiger partial charge < -0.3 is 5.11 Å². The summed E-state index contributed by atoms with van der Waals surface area (Å²) in [6, 6.07) is 4.63. The van der Waals surface area contributed by atoms with E-state index >= 15 is 0 Å². The van der Waals surface area contributed by atoms with Crippen molar-refractivity contribution in [3.05, 3.63) is 35.1 Å². The van der Waals surface area contributed by atoms with Crippen LogP contribution in [0.4, 0.5) is 4.39 Å². The summed E-state index contributed by atoms with van der Waals surface area (Å²) in [7, 11) is -3.08. The maximum Gasteiger partial charge on any atom is 0.156 e. The molecule has 1 aromatic rings. The fourth-order valence-corrected chi connectivity index (χ4v) is 6.07. The minimum atomic E-state index is -3.08. The van der Waals surface area contributed by atoms with Crippen LogP contribution in [0.15, 0.2) is 18.2 Å². The molecule has 3 rings (SSSR count). The molecule has 0 radical (unpaired) electrons. The highest BCUT2D eigenvalue weighted by Gasteiger charge is 2.53. The lowest BCUT2D eigenvalue weighted by Crippen LogP contribution is -2.43. The molecule has 3 nitrogen and oxygen atoms in total. The minimum absolute atomic E-state index is 0.191. The van der Waals surface area contributed by atoms with E-state index < -0.39 is 25.9 Å². The van der Waals surface area contributed by atoms with Crippen molar-refractivity contribution in [1.82, 2.24) is 0 Å². The molecule has 5 heteroatoms. The average molecular weight is 284 g/mol. The Morgan fingerprint density at radius 2 is 1.84 bits per heavy atom. The van der Waals surface area contributed by atoms with Gasteiger partial charge in [0.25, 0.3) is 0 Å². The summed E-state index contributed by atoms with van der Waals surface area (Å²) in [4.78, 5) is 0. The zero-order valence-corrected chi connectivity index (χ0v) is 11.6. The molecule has 0 amide bonds. The second-order valence-corrected chi connectivity index (χ2v) is 8.27. The predicted octanol–water partition coefficient (Wildman–Crippen LogP) is 2.06. The third-order valence-electron chi connectivity index (χ3n) is 4.64. The molecule has 2 aliphatic rings. The summed E-state index contributed by atoms with van der Waals surface area (Å²) in [6.07, 6.45) is 1.61. The zero-order valence-electron chi connectivity index (χ0n) is 10.8. The van der Waals surface area contributed by atoms with E-state index in [1.54, 1.807) is 19.1 Å². The molecule has 0 aliphatic carbocycles. The SMILES string of the molecule is Cc1c(F)cccc1C1(O)CC2CCC(C1)S2(=O)=O. The van der Waals surface area contributed by atoms with Crippen LogP contribution in [0.3, 0.4) is 0 Å². The molecule has 2 saturated heterocycles. The van der Waals surface area contributed by atoms with E-state index in [-0.39, 0.29) is 18.7 Å². The molecule has 104 valence electrons. The van der Waals surface area contributed by atoms with Gasteiger partial charge in [0, 0.05) is 0 Å². The van der Waals surface area contributed by atoms with Crippen molar-refractivity contribution in [3.8, 4) is 0 Å². The van der Waals surface area contributed by atoms with Gasteiger partial charge in [-0.1, -0.05) is 12.1 Å². The molecule has 2 unspecified atom stereocenters. The van der Waals surface area contributed by atoms with Crippen molar-refractivity contribution in [2.75, 3.05) is 0 Å². The van der Waals surface area contributed by atoms with E-state index in [4.69, 9.17) is 0 Å². The van der Waals surface area contributed by atoms with E-state index in [2.05, 4.69) is 0 Å². The molecule has 2 aliphatic heterocycles. The normalized spacial score (nSPS) is 36.4. The Morgan fingerprint density at radius 1 is 1.26 bits per heavy atom. The van der Waals surface area contributed by atoms with Gasteiger partial charge in [-0.3, -0.25) is 0 Å². The standard InChI is InChI=1S/C14H17FO3S/c1-9-12(3-2-4-13(9)15)14(16)7-10-5-6-11(8-14)19(10,17)18/h2-4,10-11,16H,5-8H2,1H3. The third-order valence-corrected chi connectivity index (χ3v) is 7.30. The van der Waals surface area contributed by atoms with Gasteiger partial charge in [0.1, 0.15) is 5.82 Å². The van der Waals surface area contributed by atoms with Crippen LogP contribution >= 0.6 is 0 Å². The highest BCUT2D eigenvalue weighted by atomic mass is 32.2. The van der Waals surface area contributed by atoms with Crippen molar-refractivity contribution in [3.63, 3.8) is 0 Å². The summed E-state index contributed by atoms with van der Waals surface area (Å²) >= 11 is 0. The Morgan fingerprint density at radius 3 is 2.42 bits per heavy atom. The van der Waals surface area contributed by atoms with Crippen LogP contribution < -0.4 is 0 Å². The number of benzene rings is 1. The van der Waals surface area contributed by atoms with Crippen LogP contribution in [0.1, 0.15) is 36.8 Å². The number of hydrogen-bond donors (Lipinski definition) is 1. The largest absolute Gasteiger partial charge is 0.385 e. The van der Waals surface area contributed by atoms with E-state index in [1.807, 2.05) is 0 Å². The number of rotatable bonds is 1. The van der Waals surface area contributed by atoms with Gasteiger partial charge in [0.15, 0.2) is 9.84 Å². The van der Waals surface area contributed by atoms with Gasteiger partial charge in [-0.2, -0.15) is 0 Å². The van der Waals surface area contributed by atoms with E-state index in [0.717, 1.165) is 0 Å². The van der Waals surface area contributed by atoms with Crippen LogP contribution in [0.2, 0.25) is 0 Å². The lowest BCUT2D eigenvalue weighted by atomic mass is 9.83. The van der Waals surface area contributed by atoms with Gasteiger partial charge in [-0.25, -0.2) is 12.8 Å². The predicted molar refractivity (Wildman–Crippen MR) is 70.0 cm³/mol. The number of sulfone groups is 1. The number of fused-ring (bicyclic) bond motifs is 2. The number of halogens is 1. The van der Waals surface area contributed by atoms with Crippen LogP contribution in [0.25, 0.3) is 0 Å². The summed E-state index contributed by atoms with van der Waals surface area (Å²) in [6.45, 7) is 1.63. The van der Waals surface area contributed by atoms with Crippen molar-refractivity contribution in [2.24, 2.45) is 0 Å². The molecule has 2 heterocycles. The average Bonchev–Trinajstić information content (AvgIpc) is 2.53. The monoisotopic (exact) mass is 284 g/mol. The first-order chi connectivity index (χ1) is 8.84. The van der Waals surface area contributed by atoms with Crippen LogP contribution in [0.5, 0.6) is 0 Å². The lowest BCUT2D eigenvalue weighted by Gasteiger charge is -2.37. The third kappa shape index (κ3) is 1.82. The Labute approximate surface area is 112 Å². The van der Waals surface area contributed by atoms with Gasteiger partial charge in [-0.05, 0) is 49.8 Å². The summed E-state index contributed by atoms with van der Waals surface area (Å²) in [5, 5.41) is 9.88. The molecule has 1 N–H and O–H groups in total. The molecular weight excluding hydrogens is 267 g/mol. The highest BCUT2D eigenvalue weighted by molar-refractivity contribution is 7.93. The maximum absolute atomic E-state index is 13.6. The summed E-state index contributed by atoms with van der Waals surface area (Å²) in [5.74, 6) is -0.355. The Hall–Kier alpha value is -0.940. The second-order valence-electron chi connectivity index (χ2n) is 5.76. The van der Waals surface area contributed by atoms with Crippen molar-refractivity contribution in [1.29, 1.82) is 0 Å². The van der Waals surface area contributed by atoms with E-state index in [1.165, 1.54) is 6.07 Å². The second kappa shape index (κ2) is 4.03. The van der Waals surface area contributed by atoms with Crippen LogP contribution in [0, 0.1) is 12.7 Å². The molecule has 0 aromatic heterocycles.